The Kier molecular flexibility index (Phi) is 5.60. The van der Waals surface area contributed by atoms with Crippen molar-refractivity contribution < 1.29 is 18.0 Å². The maximum Gasteiger partial charge on any atom is 0.453 e. The Balaban J connectivity index is 1.15. The molecule has 1 aromatic carbocycles. The molecule has 1 aliphatic heterocycles. The lowest BCUT2D eigenvalue weighted by molar-refractivity contribution is -0.146. The zero-order chi connectivity index (χ0) is 23.0. The molecule has 8 nitrogen and oxygen atoms in total. The number of amides is 1. The first-order valence-electron chi connectivity index (χ1n) is 10.6. The van der Waals surface area contributed by atoms with Crippen LogP contribution in [0.3, 0.4) is 0 Å². The zero-order valence-electron chi connectivity index (χ0n) is 17.4. The molecule has 3 aromatic heterocycles. The van der Waals surface area contributed by atoms with E-state index < -0.39 is 12.0 Å². The number of piperidine rings is 1. The number of aromatic nitrogens is 5. The van der Waals surface area contributed by atoms with Gasteiger partial charge >= 0.3 is 6.18 Å². The van der Waals surface area contributed by atoms with Crippen molar-refractivity contribution >= 4 is 38.9 Å². The van der Waals surface area contributed by atoms with Crippen LogP contribution in [0.5, 0.6) is 0 Å². The summed E-state index contributed by atoms with van der Waals surface area (Å²) < 4.78 is 41.2. The summed E-state index contributed by atoms with van der Waals surface area (Å²) in [6.07, 6.45) is -2.77. The molecule has 1 amide bonds. The van der Waals surface area contributed by atoms with Crippen molar-refractivity contribution in [2.75, 3.05) is 24.5 Å². The summed E-state index contributed by atoms with van der Waals surface area (Å²) in [6, 6.07) is 11.0. The molecule has 12 heteroatoms. The van der Waals surface area contributed by atoms with Crippen molar-refractivity contribution in [3.8, 4) is 0 Å². The molecular formula is C21H20F3N7OS. The Labute approximate surface area is 190 Å². The largest absolute Gasteiger partial charge is 0.453 e. The van der Waals surface area contributed by atoms with Crippen LogP contribution >= 0.6 is 11.3 Å². The summed E-state index contributed by atoms with van der Waals surface area (Å²) >= 11 is 1.63. The van der Waals surface area contributed by atoms with E-state index in [0.29, 0.717) is 44.7 Å². The standard InChI is InChI=1S/C21H20F3N7OS/c22-21(23,24)20-28-27-16-5-6-17(29-31(16)20)30-11-8-13(9-12-30)19(32)25-10-7-18-26-14-3-1-2-4-15(14)33-18/h1-6,13H,7-12H2,(H,25,32). The molecule has 172 valence electrons. The molecule has 0 radical (unpaired) electrons. The van der Waals surface area contributed by atoms with Crippen molar-refractivity contribution in [3.05, 3.63) is 47.2 Å². The SMILES string of the molecule is O=C(NCCc1nc2ccccc2s1)C1CCN(c2ccc3nnc(C(F)(F)F)n3n2)CC1. The second kappa shape index (κ2) is 8.58. The molecule has 5 rings (SSSR count). The number of halogens is 3. The minimum absolute atomic E-state index is 0.00246. The number of carbonyl (C=O) groups is 1. The number of carbonyl (C=O) groups excluding carboxylic acids is 1. The molecule has 1 N–H and O–H groups in total. The maximum atomic E-state index is 13.1. The number of thiazole rings is 1. The highest BCUT2D eigenvalue weighted by Gasteiger charge is 2.38. The molecule has 4 aromatic rings. The molecular weight excluding hydrogens is 455 g/mol. The first kappa shape index (κ1) is 21.6. The number of nitrogens with one attached hydrogen (secondary N) is 1. The Hall–Kier alpha value is -3.28. The van der Waals surface area contributed by atoms with E-state index in [1.54, 1.807) is 17.4 Å². The number of benzene rings is 1. The second-order valence-electron chi connectivity index (χ2n) is 7.86. The maximum absolute atomic E-state index is 13.1. The van der Waals surface area contributed by atoms with Crippen LogP contribution in [-0.2, 0) is 17.4 Å². The summed E-state index contributed by atoms with van der Waals surface area (Å²) in [5.74, 6) is -0.887. The number of hydrogen-bond donors (Lipinski definition) is 1. The van der Waals surface area contributed by atoms with Crippen molar-refractivity contribution in [3.63, 3.8) is 0 Å². The Morgan fingerprint density at radius 2 is 1.91 bits per heavy atom. The summed E-state index contributed by atoms with van der Waals surface area (Å²) in [4.78, 5) is 19.0. The molecule has 0 unspecified atom stereocenters. The van der Waals surface area contributed by atoms with Gasteiger partial charge in [-0.2, -0.15) is 17.7 Å². The van der Waals surface area contributed by atoms with Crippen LogP contribution in [0.15, 0.2) is 36.4 Å². The van der Waals surface area contributed by atoms with E-state index in [2.05, 4.69) is 25.6 Å². The molecule has 0 spiro atoms. The molecule has 0 aliphatic carbocycles. The molecule has 4 heterocycles. The third kappa shape index (κ3) is 4.47. The minimum atomic E-state index is -4.64. The predicted octanol–water partition coefficient (Wildman–Crippen LogP) is 3.33. The van der Waals surface area contributed by atoms with Gasteiger partial charge in [-0.25, -0.2) is 4.98 Å². The summed E-state index contributed by atoms with van der Waals surface area (Å²) in [6.45, 7) is 1.57. The van der Waals surface area contributed by atoms with E-state index in [1.807, 2.05) is 29.2 Å². The first-order chi connectivity index (χ1) is 15.9. The van der Waals surface area contributed by atoms with Crippen LogP contribution in [0.25, 0.3) is 15.9 Å². The van der Waals surface area contributed by atoms with Crippen LogP contribution in [0.2, 0.25) is 0 Å². The molecule has 0 saturated carbocycles. The zero-order valence-corrected chi connectivity index (χ0v) is 18.2. The van der Waals surface area contributed by atoms with E-state index in [0.717, 1.165) is 19.7 Å². The van der Waals surface area contributed by atoms with E-state index in [4.69, 9.17) is 0 Å². The molecule has 0 atom stereocenters. The number of fused-ring (bicyclic) bond motifs is 2. The highest BCUT2D eigenvalue weighted by molar-refractivity contribution is 7.18. The lowest BCUT2D eigenvalue weighted by Crippen LogP contribution is -2.41. The first-order valence-corrected chi connectivity index (χ1v) is 11.4. The number of rotatable bonds is 5. The number of hydrogen-bond acceptors (Lipinski definition) is 7. The lowest BCUT2D eigenvalue weighted by Gasteiger charge is -2.32. The van der Waals surface area contributed by atoms with Gasteiger partial charge in [-0.05, 0) is 37.1 Å². The molecule has 33 heavy (non-hydrogen) atoms. The van der Waals surface area contributed by atoms with E-state index in [-0.39, 0.29) is 17.5 Å². The number of para-hydroxylation sites is 1. The predicted molar refractivity (Wildman–Crippen MR) is 117 cm³/mol. The van der Waals surface area contributed by atoms with E-state index in [9.17, 15) is 18.0 Å². The number of anilines is 1. The number of nitrogens with zero attached hydrogens (tertiary/aromatic N) is 6. The highest BCUT2D eigenvalue weighted by atomic mass is 32.1. The summed E-state index contributed by atoms with van der Waals surface area (Å²) in [5.41, 5.74) is 1.00. The third-order valence-electron chi connectivity index (χ3n) is 5.67. The minimum Gasteiger partial charge on any atom is -0.355 e. The lowest BCUT2D eigenvalue weighted by atomic mass is 9.96. The average Bonchev–Trinajstić information content (AvgIpc) is 3.42. The van der Waals surface area contributed by atoms with Gasteiger partial charge in [0, 0.05) is 32.0 Å². The van der Waals surface area contributed by atoms with Crippen LogP contribution < -0.4 is 10.2 Å². The number of alkyl halides is 3. The fraction of sp³-hybridized carbons (Fsp3) is 0.381. The van der Waals surface area contributed by atoms with Gasteiger partial charge in [-0.15, -0.1) is 26.6 Å². The normalized spacial score (nSPS) is 15.4. The summed E-state index contributed by atoms with van der Waals surface area (Å²) in [5, 5.41) is 14.8. The smallest absolute Gasteiger partial charge is 0.355 e. The highest BCUT2D eigenvalue weighted by Crippen LogP contribution is 2.29. The Morgan fingerprint density at radius 3 is 2.67 bits per heavy atom. The van der Waals surface area contributed by atoms with Crippen molar-refractivity contribution in [1.29, 1.82) is 0 Å². The van der Waals surface area contributed by atoms with Gasteiger partial charge in [0.1, 0.15) is 5.82 Å². The second-order valence-corrected chi connectivity index (χ2v) is 8.98. The fourth-order valence-corrected chi connectivity index (χ4v) is 4.93. The third-order valence-corrected chi connectivity index (χ3v) is 6.76. The fourth-order valence-electron chi connectivity index (χ4n) is 3.96. The van der Waals surface area contributed by atoms with E-state index >= 15 is 0 Å². The van der Waals surface area contributed by atoms with E-state index in [1.165, 1.54) is 6.07 Å². The molecule has 1 saturated heterocycles. The van der Waals surface area contributed by atoms with Crippen molar-refractivity contribution in [2.24, 2.45) is 5.92 Å². The monoisotopic (exact) mass is 475 g/mol. The topological polar surface area (TPSA) is 88.3 Å². The van der Waals surface area contributed by atoms with Gasteiger partial charge in [0.25, 0.3) is 5.82 Å². The van der Waals surface area contributed by atoms with Gasteiger partial charge in [0.15, 0.2) is 5.65 Å². The van der Waals surface area contributed by atoms with Crippen molar-refractivity contribution in [2.45, 2.75) is 25.4 Å². The molecule has 1 aliphatic rings. The summed E-state index contributed by atoms with van der Waals surface area (Å²) in [7, 11) is 0. The van der Waals surface area contributed by atoms with Gasteiger partial charge in [-0.1, -0.05) is 12.1 Å². The van der Waals surface area contributed by atoms with Gasteiger partial charge in [0.05, 0.1) is 15.2 Å². The Bertz CT molecular complexity index is 1260. The molecule has 1 fully saturated rings. The Morgan fingerprint density at radius 1 is 1.12 bits per heavy atom. The van der Waals surface area contributed by atoms with Crippen LogP contribution in [-0.4, -0.2) is 50.3 Å². The van der Waals surface area contributed by atoms with Crippen LogP contribution in [0.1, 0.15) is 23.7 Å². The quantitative estimate of drug-likeness (QED) is 0.477. The molecule has 0 bridgehead atoms. The van der Waals surface area contributed by atoms with Gasteiger partial charge < -0.3 is 10.2 Å². The van der Waals surface area contributed by atoms with Crippen LogP contribution in [0, 0.1) is 5.92 Å². The van der Waals surface area contributed by atoms with Gasteiger partial charge in [0.2, 0.25) is 5.91 Å². The van der Waals surface area contributed by atoms with Crippen molar-refractivity contribution in [1.82, 2.24) is 30.1 Å². The van der Waals surface area contributed by atoms with Crippen LogP contribution in [0.4, 0.5) is 19.0 Å². The van der Waals surface area contributed by atoms with Gasteiger partial charge in [-0.3, -0.25) is 4.79 Å². The average molecular weight is 476 g/mol.